The van der Waals surface area contributed by atoms with Gasteiger partial charge in [0.1, 0.15) is 5.02 Å². The molecule has 2 aromatic heterocycles. The maximum absolute atomic E-state index is 13.2. The third-order valence-corrected chi connectivity index (χ3v) is 6.68. The second-order valence-corrected chi connectivity index (χ2v) is 9.64. The van der Waals surface area contributed by atoms with Crippen LogP contribution in [0, 0.1) is 0 Å². The third-order valence-electron chi connectivity index (χ3n) is 5.04. The molecule has 1 N–H and O–H groups in total. The smallest absolute Gasteiger partial charge is 0.308 e. The number of aromatic nitrogens is 4. The van der Waals surface area contributed by atoms with Crippen molar-refractivity contribution in [2.24, 2.45) is 0 Å². The number of amides is 1. The molecule has 0 unspecified atom stereocenters. The normalized spacial score (nSPS) is 14.0. The van der Waals surface area contributed by atoms with Crippen molar-refractivity contribution in [3.63, 3.8) is 0 Å². The molecule has 1 aliphatic rings. The standard InChI is InChI=1S/C20H16BrCl3F3N5O/c21-16-17(10-1-2-10)32(29-18(16)20(25,26)27)6-5-15(33)28-19-14(24)9-31(30-19)8-11-3-4-12(22)7-13(11)23/h3-4,7,9-10H,1-2,5-6,8H2,(H,28,30,33). The summed E-state index contributed by atoms with van der Waals surface area (Å²) in [4.78, 5) is 12.5. The van der Waals surface area contributed by atoms with Crippen LogP contribution in [0.15, 0.2) is 28.9 Å². The van der Waals surface area contributed by atoms with Crippen LogP contribution in [0.1, 0.15) is 42.1 Å². The van der Waals surface area contributed by atoms with Crippen molar-refractivity contribution in [3.8, 4) is 0 Å². The molecule has 1 saturated carbocycles. The van der Waals surface area contributed by atoms with Crippen LogP contribution >= 0.6 is 50.7 Å². The highest BCUT2D eigenvalue weighted by atomic mass is 79.9. The second kappa shape index (κ2) is 9.48. The molecule has 33 heavy (non-hydrogen) atoms. The van der Waals surface area contributed by atoms with Gasteiger partial charge in [-0.1, -0.05) is 40.9 Å². The Morgan fingerprint density at radius 1 is 1.18 bits per heavy atom. The van der Waals surface area contributed by atoms with Crippen molar-refractivity contribution in [1.82, 2.24) is 19.6 Å². The molecule has 3 aromatic rings. The minimum atomic E-state index is -4.58. The number of hydrogen-bond acceptors (Lipinski definition) is 3. The Morgan fingerprint density at radius 3 is 2.55 bits per heavy atom. The van der Waals surface area contributed by atoms with Crippen molar-refractivity contribution >= 4 is 62.5 Å². The van der Waals surface area contributed by atoms with Gasteiger partial charge >= 0.3 is 6.18 Å². The molecule has 6 nitrogen and oxygen atoms in total. The van der Waals surface area contributed by atoms with Gasteiger partial charge in [0.15, 0.2) is 11.5 Å². The highest BCUT2D eigenvalue weighted by molar-refractivity contribution is 9.10. The molecular weight excluding hydrogens is 570 g/mol. The molecule has 0 atom stereocenters. The van der Waals surface area contributed by atoms with Gasteiger partial charge in [-0.3, -0.25) is 14.2 Å². The predicted octanol–water partition coefficient (Wildman–Crippen LogP) is 6.78. The van der Waals surface area contributed by atoms with Crippen LogP contribution in [0.5, 0.6) is 0 Å². The Bertz CT molecular complexity index is 1210. The van der Waals surface area contributed by atoms with Crippen LogP contribution in [0.2, 0.25) is 15.1 Å². The maximum Gasteiger partial charge on any atom is 0.436 e. The zero-order chi connectivity index (χ0) is 23.9. The number of benzene rings is 1. The van der Waals surface area contributed by atoms with E-state index in [2.05, 4.69) is 31.4 Å². The molecule has 1 aromatic carbocycles. The minimum absolute atomic E-state index is 0.00887. The molecule has 13 heteroatoms. The summed E-state index contributed by atoms with van der Waals surface area (Å²) in [5.74, 6) is -0.295. The summed E-state index contributed by atoms with van der Waals surface area (Å²) in [6, 6.07) is 5.07. The molecule has 1 fully saturated rings. The molecule has 176 valence electrons. The van der Waals surface area contributed by atoms with Gasteiger partial charge in [0.2, 0.25) is 5.91 Å². The van der Waals surface area contributed by atoms with Gasteiger partial charge in [-0.15, -0.1) is 0 Å². The molecule has 0 radical (unpaired) electrons. The number of alkyl halides is 3. The van der Waals surface area contributed by atoms with Crippen LogP contribution in [0.4, 0.5) is 19.0 Å². The van der Waals surface area contributed by atoms with Gasteiger partial charge in [0.05, 0.1) is 23.3 Å². The molecule has 0 spiro atoms. The van der Waals surface area contributed by atoms with E-state index in [4.69, 9.17) is 34.8 Å². The number of aryl methyl sites for hydroxylation is 1. The number of halogens is 7. The lowest BCUT2D eigenvalue weighted by Gasteiger charge is -2.07. The number of nitrogens with one attached hydrogen (secondary N) is 1. The summed E-state index contributed by atoms with van der Waals surface area (Å²) in [7, 11) is 0. The minimum Gasteiger partial charge on any atom is -0.308 e. The first kappa shape index (κ1) is 24.4. The lowest BCUT2D eigenvalue weighted by molar-refractivity contribution is -0.142. The Morgan fingerprint density at radius 2 is 1.91 bits per heavy atom. The predicted molar refractivity (Wildman–Crippen MR) is 123 cm³/mol. The summed E-state index contributed by atoms with van der Waals surface area (Å²) in [6.45, 7) is 0.295. The Labute approximate surface area is 210 Å². The van der Waals surface area contributed by atoms with E-state index in [1.54, 1.807) is 18.2 Å². The van der Waals surface area contributed by atoms with Crippen LogP contribution in [0.3, 0.4) is 0 Å². The lowest BCUT2D eigenvalue weighted by atomic mass is 10.2. The summed E-state index contributed by atoms with van der Waals surface area (Å²) < 4.78 is 42.4. The summed E-state index contributed by atoms with van der Waals surface area (Å²) in [5.41, 5.74) is 0.250. The average molecular weight is 586 g/mol. The number of rotatable bonds is 7. The van der Waals surface area contributed by atoms with Crippen molar-refractivity contribution in [2.45, 2.75) is 44.4 Å². The SMILES string of the molecule is O=C(CCn1nc(C(F)(F)F)c(Br)c1C1CC1)Nc1nn(Cc2ccc(Cl)cc2Cl)cc1Cl. The van der Waals surface area contributed by atoms with Crippen LogP contribution in [0.25, 0.3) is 0 Å². The van der Waals surface area contributed by atoms with Crippen molar-refractivity contribution < 1.29 is 18.0 Å². The lowest BCUT2D eigenvalue weighted by Crippen LogP contribution is -2.17. The van der Waals surface area contributed by atoms with Crippen LogP contribution < -0.4 is 5.32 Å². The first-order chi connectivity index (χ1) is 15.5. The third kappa shape index (κ3) is 5.67. The van der Waals surface area contributed by atoms with Gasteiger partial charge in [-0.25, -0.2) is 0 Å². The summed E-state index contributed by atoms with van der Waals surface area (Å²) in [6.07, 6.45) is -1.56. The number of hydrogen-bond donors (Lipinski definition) is 1. The topological polar surface area (TPSA) is 64.7 Å². The van der Waals surface area contributed by atoms with Crippen molar-refractivity contribution in [3.05, 3.63) is 60.9 Å². The first-order valence-corrected chi connectivity index (χ1v) is 11.8. The quantitative estimate of drug-likeness (QED) is 0.333. The van der Waals surface area contributed by atoms with E-state index in [0.717, 1.165) is 18.4 Å². The Kier molecular flexibility index (Phi) is 7.00. The molecular formula is C20H16BrCl3F3N5O. The monoisotopic (exact) mass is 583 g/mol. The van der Waals surface area contributed by atoms with Gasteiger partial charge in [0, 0.05) is 28.6 Å². The van der Waals surface area contributed by atoms with E-state index < -0.39 is 17.8 Å². The number of anilines is 1. The van der Waals surface area contributed by atoms with E-state index in [1.807, 2.05) is 0 Å². The largest absolute Gasteiger partial charge is 0.436 e. The fraction of sp³-hybridized carbons (Fsp3) is 0.350. The van der Waals surface area contributed by atoms with Crippen LogP contribution in [-0.4, -0.2) is 25.5 Å². The van der Waals surface area contributed by atoms with E-state index in [-0.39, 0.29) is 34.2 Å². The number of nitrogens with zero attached hydrogens (tertiary/aromatic N) is 4. The van der Waals surface area contributed by atoms with Gasteiger partial charge in [-0.05, 0) is 46.5 Å². The van der Waals surface area contributed by atoms with Crippen molar-refractivity contribution in [2.75, 3.05) is 5.32 Å². The zero-order valence-electron chi connectivity index (χ0n) is 16.8. The summed E-state index contributed by atoms with van der Waals surface area (Å²) >= 11 is 21.3. The summed E-state index contributed by atoms with van der Waals surface area (Å²) in [5, 5.41) is 11.7. The van der Waals surface area contributed by atoms with Crippen molar-refractivity contribution in [1.29, 1.82) is 0 Å². The highest BCUT2D eigenvalue weighted by Crippen LogP contribution is 2.47. The van der Waals surface area contributed by atoms with E-state index >= 15 is 0 Å². The number of carbonyl (C=O) groups is 1. The Balaban J connectivity index is 1.42. The van der Waals surface area contributed by atoms with Gasteiger partial charge in [0.25, 0.3) is 0 Å². The van der Waals surface area contributed by atoms with Gasteiger partial charge < -0.3 is 5.32 Å². The molecule has 0 aliphatic heterocycles. The number of carbonyl (C=O) groups excluding carboxylic acids is 1. The molecule has 2 heterocycles. The second-order valence-electron chi connectivity index (χ2n) is 7.60. The van der Waals surface area contributed by atoms with Gasteiger partial charge in [-0.2, -0.15) is 23.4 Å². The van der Waals surface area contributed by atoms with E-state index in [9.17, 15) is 18.0 Å². The molecule has 1 aliphatic carbocycles. The molecule has 1 amide bonds. The fourth-order valence-electron chi connectivity index (χ4n) is 3.34. The maximum atomic E-state index is 13.2. The first-order valence-electron chi connectivity index (χ1n) is 9.83. The highest BCUT2D eigenvalue weighted by Gasteiger charge is 2.41. The van der Waals surface area contributed by atoms with E-state index in [0.29, 0.717) is 22.3 Å². The Hall–Kier alpha value is -1.75. The molecule has 4 rings (SSSR count). The van der Waals surface area contributed by atoms with Crippen LogP contribution in [-0.2, 0) is 24.1 Å². The fourth-order valence-corrected chi connectivity index (χ4v) is 4.84. The zero-order valence-corrected chi connectivity index (χ0v) is 20.6. The molecule has 0 bridgehead atoms. The average Bonchev–Trinajstić information content (AvgIpc) is 3.41. The van der Waals surface area contributed by atoms with E-state index in [1.165, 1.54) is 15.6 Å². The molecule has 0 saturated heterocycles.